The summed E-state index contributed by atoms with van der Waals surface area (Å²) in [5.74, 6) is -0.867. The van der Waals surface area contributed by atoms with Gasteiger partial charge in [-0.3, -0.25) is 0 Å². The summed E-state index contributed by atoms with van der Waals surface area (Å²) in [5.41, 5.74) is 2.96. The van der Waals surface area contributed by atoms with Crippen LogP contribution in [0.3, 0.4) is 0 Å². The Morgan fingerprint density at radius 3 is 2.42 bits per heavy atom. The minimum atomic E-state index is -0.629. The lowest BCUT2D eigenvalue weighted by Gasteiger charge is -2.21. The van der Waals surface area contributed by atoms with Gasteiger partial charge in [-0.05, 0) is 45.8 Å². The van der Waals surface area contributed by atoms with Crippen LogP contribution in [0, 0.1) is 6.92 Å². The van der Waals surface area contributed by atoms with E-state index in [2.05, 4.69) is 6.58 Å². The summed E-state index contributed by atoms with van der Waals surface area (Å²) in [6.07, 6.45) is 3.44. The van der Waals surface area contributed by atoms with Gasteiger partial charge in [0.15, 0.2) is 11.5 Å². The Morgan fingerprint density at radius 2 is 1.88 bits per heavy atom. The zero-order chi connectivity index (χ0) is 18.4. The third-order valence-electron chi connectivity index (χ3n) is 3.83. The highest BCUT2D eigenvalue weighted by Gasteiger charge is 2.22. The molecule has 130 valence electrons. The molecular formula is C20H26O4. The van der Waals surface area contributed by atoms with Gasteiger partial charge in [-0.25, -0.2) is 4.79 Å². The van der Waals surface area contributed by atoms with Crippen LogP contribution in [0.2, 0.25) is 0 Å². The Morgan fingerprint density at radius 1 is 1.25 bits per heavy atom. The zero-order valence-corrected chi connectivity index (χ0v) is 15.0. The first-order valence-electron chi connectivity index (χ1n) is 7.87. The van der Waals surface area contributed by atoms with E-state index in [0.29, 0.717) is 28.7 Å². The molecule has 0 radical (unpaired) electrons. The lowest BCUT2D eigenvalue weighted by Crippen LogP contribution is -2.20. The van der Waals surface area contributed by atoms with Crippen LogP contribution in [0.1, 0.15) is 45.2 Å². The average molecular weight is 330 g/mol. The molecule has 0 saturated heterocycles. The van der Waals surface area contributed by atoms with Gasteiger partial charge in [-0.2, -0.15) is 0 Å². The van der Waals surface area contributed by atoms with Crippen LogP contribution in [-0.2, 0) is 9.53 Å². The molecule has 1 aromatic rings. The minimum absolute atomic E-state index is 0.189. The molecule has 0 aliphatic rings. The van der Waals surface area contributed by atoms with Crippen molar-refractivity contribution in [3.05, 3.63) is 53.1 Å². The van der Waals surface area contributed by atoms with Crippen LogP contribution in [0.25, 0.3) is 5.57 Å². The lowest BCUT2D eigenvalue weighted by molar-refractivity contribution is -0.141. The number of aryl methyl sites for hydroxylation is 1. The van der Waals surface area contributed by atoms with Crippen LogP contribution in [0.15, 0.2) is 42.0 Å². The molecule has 4 heteroatoms. The quantitative estimate of drug-likeness (QED) is 0.345. The standard InChI is InChI=1S/C20H26O4/c1-7-13(4)20(23)24-17(11-8-12(2)3)15(6)16-10-9-14(5)18(21)19(16)22/h7-10,17,21-22H,6,11H2,1-5H3/b13-7-. The Hall–Kier alpha value is -2.49. The molecule has 0 fully saturated rings. The highest BCUT2D eigenvalue weighted by molar-refractivity contribution is 5.89. The molecule has 0 saturated carbocycles. The second-order valence-corrected chi connectivity index (χ2v) is 6.04. The molecule has 0 bridgehead atoms. The summed E-state index contributed by atoms with van der Waals surface area (Å²) in [6, 6.07) is 3.35. The molecule has 0 spiro atoms. The van der Waals surface area contributed by atoms with Crippen molar-refractivity contribution in [2.75, 3.05) is 0 Å². The predicted molar refractivity (Wildman–Crippen MR) is 96.9 cm³/mol. The van der Waals surface area contributed by atoms with Gasteiger partial charge in [-0.1, -0.05) is 36.4 Å². The van der Waals surface area contributed by atoms with Gasteiger partial charge in [0.2, 0.25) is 0 Å². The van der Waals surface area contributed by atoms with Crippen molar-refractivity contribution in [2.45, 2.75) is 47.1 Å². The second-order valence-electron chi connectivity index (χ2n) is 6.04. The van der Waals surface area contributed by atoms with Gasteiger partial charge in [-0.15, -0.1) is 0 Å². The number of carbonyl (C=O) groups is 1. The van der Waals surface area contributed by atoms with E-state index in [1.54, 1.807) is 39.0 Å². The number of allylic oxidation sites excluding steroid dienone is 2. The summed E-state index contributed by atoms with van der Waals surface area (Å²) >= 11 is 0. The third-order valence-corrected chi connectivity index (χ3v) is 3.83. The van der Waals surface area contributed by atoms with E-state index >= 15 is 0 Å². The third kappa shape index (κ3) is 4.75. The van der Waals surface area contributed by atoms with Gasteiger partial charge in [0, 0.05) is 17.6 Å². The highest BCUT2D eigenvalue weighted by Crippen LogP contribution is 2.37. The maximum Gasteiger partial charge on any atom is 0.333 e. The Balaban J connectivity index is 3.19. The van der Waals surface area contributed by atoms with Gasteiger partial charge in [0.1, 0.15) is 6.10 Å². The van der Waals surface area contributed by atoms with E-state index in [0.717, 1.165) is 5.57 Å². The Bertz CT molecular complexity index is 692. The van der Waals surface area contributed by atoms with Crippen LogP contribution in [0.4, 0.5) is 0 Å². The van der Waals surface area contributed by atoms with Crippen molar-refractivity contribution in [3.63, 3.8) is 0 Å². The van der Waals surface area contributed by atoms with Gasteiger partial charge >= 0.3 is 5.97 Å². The molecular weight excluding hydrogens is 304 g/mol. The topological polar surface area (TPSA) is 66.8 Å². The molecule has 0 aliphatic carbocycles. The van der Waals surface area contributed by atoms with Crippen molar-refractivity contribution >= 4 is 11.5 Å². The number of phenolic OH excluding ortho intramolecular Hbond substituents is 2. The van der Waals surface area contributed by atoms with E-state index in [-0.39, 0.29) is 11.5 Å². The van der Waals surface area contributed by atoms with E-state index < -0.39 is 12.1 Å². The van der Waals surface area contributed by atoms with Gasteiger partial charge in [0.25, 0.3) is 0 Å². The zero-order valence-electron chi connectivity index (χ0n) is 15.0. The molecule has 2 N–H and O–H groups in total. The summed E-state index contributed by atoms with van der Waals surface area (Å²) in [7, 11) is 0. The molecule has 0 amide bonds. The highest BCUT2D eigenvalue weighted by atomic mass is 16.5. The van der Waals surface area contributed by atoms with Crippen LogP contribution >= 0.6 is 0 Å². The normalized spacial score (nSPS) is 12.5. The lowest BCUT2D eigenvalue weighted by atomic mass is 9.96. The monoisotopic (exact) mass is 330 g/mol. The number of phenols is 2. The minimum Gasteiger partial charge on any atom is -0.504 e. The molecule has 4 nitrogen and oxygen atoms in total. The van der Waals surface area contributed by atoms with Crippen LogP contribution in [0.5, 0.6) is 11.5 Å². The Labute approximate surface area is 143 Å². The molecule has 1 rings (SSSR count). The maximum absolute atomic E-state index is 12.1. The smallest absolute Gasteiger partial charge is 0.333 e. The predicted octanol–water partition coefficient (Wildman–Crippen LogP) is 4.65. The average Bonchev–Trinajstić information content (AvgIpc) is 2.54. The molecule has 0 aromatic heterocycles. The van der Waals surface area contributed by atoms with Crippen molar-refractivity contribution < 1.29 is 19.7 Å². The second kappa shape index (κ2) is 8.39. The van der Waals surface area contributed by atoms with E-state index in [1.165, 1.54) is 0 Å². The van der Waals surface area contributed by atoms with Crippen LogP contribution in [-0.4, -0.2) is 22.3 Å². The summed E-state index contributed by atoms with van der Waals surface area (Å²) in [4.78, 5) is 12.1. The first kappa shape index (κ1) is 19.6. The number of hydrogen-bond donors (Lipinski definition) is 2. The summed E-state index contributed by atoms with van der Waals surface area (Å²) in [5, 5.41) is 20.1. The molecule has 1 aromatic carbocycles. The largest absolute Gasteiger partial charge is 0.504 e. The SMILES string of the molecule is C=C(c1ccc(C)c(O)c1O)C(CC=C(C)C)OC(=O)/C(C)=C\C. The van der Waals surface area contributed by atoms with Gasteiger partial charge < -0.3 is 14.9 Å². The first-order chi connectivity index (χ1) is 11.2. The van der Waals surface area contributed by atoms with Crippen molar-refractivity contribution in [2.24, 2.45) is 0 Å². The number of rotatable bonds is 6. The fourth-order valence-electron chi connectivity index (χ4n) is 2.06. The van der Waals surface area contributed by atoms with Gasteiger partial charge in [0.05, 0.1) is 0 Å². The number of hydrogen-bond acceptors (Lipinski definition) is 4. The molecule has 24 heavy (non-hydrogen) atoms. The summed E-state index contributed by atoms with van der Waals surface area (Å²) in [6.45, 7) is 13.0. The molecule has 1 unspecified atom stereocenters. The number of aromatic hydroxyl groups is 2. The van der Waals surface area contributed by atoms with Crippen molar-refractivity contribution in [1.29, 1.82) is 0 Å². The van der Waals surface area contributed by atoms with E-state index in [9.17, 15) is 15.0 Å². The van der Waals surface area contributed by atoms with E-state index in [1.807, 2.05) is 19.9 Å². The molecule has 0 aliphatic heterocycles. The first-order valence-corrected chi connectivity index (χ1v) is 7.87. The van der Waals surface area contributed by atoms with Crippen molar-refractivity contribution in [1.82, 2.24) is 0 Å². The van der Waals surface area contributed by atoms with Crippen LogP contribution < -0.4 is 0 Å². The number of esters is 1. The fourth-order valence-corrected chi connectivity index (χ4v) is 2.06. The number of carbonyl (C=O) groups excluding carboxylic acids is 1. The molecule has 1 atom stereocenters. The summed E-state index contributed by atoms with van der Waals surface area (Å²) < 4.78 is 5.55. The number of benzene rings is 1. The van der Waals surface area contributed by atoms with Crippen molar-refractivity contribution in [3.8, 4) is 11.5 Å². The number of ether oxygens (including phenoxy) is 1. The Kier molecular flexibility index (Phi) is 6.83. The van der Waals surface area contributed by atoms with E-state index in [4.69, 9.17) is 4.74 Å². The molecule has 0 heterocycles. The fraction of sp³-hybridized carbons (Fsp3) is 0.350. The maximum atomic E-state index is 12.1.